The average Bonchev–Trinajstić information content (AvgIpc) is 2.75. The van der Waals surface area contributed by atoms with E-state index in [-0.39, 0.29) is 12.6 Å². The molecule has 0 aromatic rings. The SMILES string of the molecule is C(C#CCOC1CCCCO1)#CCCCCC#CC#CCOC1CCCCO1. The monoisotopic (exact) mass is 382 g/mol. The Kier molecular flexibility index (Phi) is 12.8. The molecule has 2 fully saturated rings. The molecule has 0 saturated carbocycles. The molecule has 0 amide bonds. The van der Waals surface area contributed by atoms with Crippen LogP contribution in [-0.4, -0.2) is 39.0 Å². The molecular formula is C24H30O4. The first-order chi connectivity index (χ1) is 13.9. The highest BCUT2D eigenvalue weighted by Crippen LogP contribution is 2.13. The molecular weight excluding hydrogens is 352 g/mol. The lowest BCUT2D eigenvalue weighted by Crippen LogP contribution is -2.22. The maximum Gasteiger partial charge on any atom is 0.158 e. The van der Waals surface area contributed by atoms with Crippen molar-refractivity contribution in [2.45, 2.75) is 76.8 Å². The van der Waals surface area contributed by atoms with Gasteiger partial charge in [0.05, 0.1) is 0 Å². The summed E-state index contributed by atoms with van der Waals surface area (Å²) in [6.45, 7) is 2.35. The van der Waals surface area contributed by atoms with E-state index in [1.165, 1.54) is 12.8 Å². The minimum atomic E-state index is -0.0831. The van der Waals surface area contributed by atoms with E-state index in [1.54, 1.807) is 0 Å². The van der Waals surface area contributed by atoms with Gasteiger partial charge in [0.2, 0.25) is 0 Å². The predicted octanol–water partition coefficient (Wildman–Crippen LogP) is 3.65. The van der Waals surface area contributed by atoms with Crippen molar-refractivity contribution in [1.82, 2.24) is 0 Å². The van der Waals surface area contributed by atoms with Gasteiger partial charge in [-0.1, -0.05) is 23.7 Å². The minimum Gasteiger partial charge on any atom is -0.353 e. The van der Waals surface area contributed by atoms with E-state index in [4.69, 9.17) is 18.9 Å². The van der Waals surface area contributed by atoms with Crippen molar-refractivity contribution in [1.29, 1.82) is 0 Å². The van der Waals surface area contributed by atoms with Crippen LogP contribution in [0, 0.1) is 47.4 Å². The fourth-order valence-electron chi connectivity index (χ4n) is 2.76. The Morgan fingerprint density at radius 1 is 0.607 bits per heavy atom. The van der Waals surface area contributed by atoms with Crippen molar-refractivity contribution in [2.24, 2.45) is 0 Å². The highest BCUT2D eigenvalue weighted by atomic mass is 16.7. The van der Waals surface area contributed by atoms with Crippen LogP contribution in [0.15, 0.2) is 0 Å². The number of rotatable bonds is 7. The zero-order chi connectivity index (χ0) is 19.5. The summed E-state index contributed by atoms with van der Waals surface area (Å²) in [5, 5.41) is 0. The van der Waals surface area contributed by atoms with Crippen LogP contribution >= 0.6 is 0 Å². The molecule has 2 aliphatic rings. The van der Waals surface area contributed by atoms with Gasteiger partial charge in [-0.3, -0.25) is 0 Å². The van der Waals surface area contributed by atoms with Crippen LogP contribution in [0.4, 0.5) is 0 Å². The summed E-state index contributed by atoms with van der Waals surface area (Å²) in [7, 11) is 0. The molecule has 4 heteroatoms. The van der Waals surface area contributed by atoms with Gasteiger partial charge < -0.3 is 18.9 Å². The minimum absolute atomic E-state index is 0.0831. The quantitative estimate of drug-likeness (QED) is 0.498. The highest BCUT2D eigenvalue weighted by molar-refractivity contribution is 5.26. The smallest absolute Gasteiger partial charge is 0.158 e. The highest BCUT2D eigenvalue weighted by Gasteiger charge is 2.13. The molecule has 4 nitrogen and oxygen atoms in total. The van der Waals surface area contributed by atoms with E-state index in [0.29, 0.717) is 13.2 Å². The van der Waals surface area contributed by atoms with E-state index >= 15 is 0 Å². The lowest BCUT2D eigenvalue weighted by molar-refractivity contribution is -0.154. The number of unbranched alkanes of at least 4 members (excludes halogenated alkanes) is 3. The molecule has 0 radical (unpaired) electrons. The zero-order valence-electron chi connectivity index (χ0n) is 16.7. The van der Waals surface area contributed by atoms with E-state index < -0.39 is 0 Å². The van der Waals surface area contributed by atoms with Gasteiger partial charge in [0.15, 0.2) is 12.6 Å². The van der Waals surface area contributed by atoms with Crippen LogP contribution in [0.3, 0.4) is 0 Å². The van der Waals surface area contributed by atoms with Crippen LogP contribution in [0.5, 0.6) is 0 Å². The summed E-state index contributed by atoms with van der Waals surface area (Å²) in [5.41, 5.74) is 0. The topological polar surface area (TPSA) is 36.9 Å². The third kappa shape index (κ3) is 11.7. The first-order valence-corrected chi connectivity index (χ1v) is 10.3. The Balaban J connectivity index is 1.41. The Bertz CT molecular complexity index is 596. The van der Waals surface area contributed by atoms with E-state index in [0.717, 1.165) is 64.6 Å². The molecule has 2 aliphatic heterocycles. The molecule has 0 aliphatic carbocycles. The zero-order valence-corrected chi connectivity index (χ0v) is 16.7. The first-order valence-electron chi connectivity index (χ1n) is 10.3. The molecule has 2 unspecified atom stereocenters. The van der Waals surface area contributed by atoms with Crippen molar-refractivity contribution in [2.75, 3.05) is 26.4 Å². The number of hydrogen-bond donors (Lipinski definition) is 0. The fraction of sp³-hybridized carbons (Fsp3) is 0.667. The summed E-state index contributed by atoms with van der Waals surface area (Å²) >= 11 is 0. The summed E-state index contributed by atoms with van der Waals surface area (Å²) in [5.74, 6) is 23.3. The molecule has 0 aromatic heterocycles. The van der Waals surface area contributed by atoms with Crippen molar-refractivity contribution < 1.29 is 18.9 Å². The summed E-state index contributed by atoms with van der Waals surface area (Å²) in [6, 6.07) is 0. The maximum absolute atomic E-state index is 5.52. The van der Waals surface area contributed by atoms with Crippen molar-refractivity contribution >= 4 is 0 Å². The van der Waals surface area contributed by atoms with Crippen molar-refractivity contribution in [3.8, 4) is 47.4 Å². The van der Waals surface area contributed by atoms with E-state index in [9.17, 15) is 0 Å². The summed E-state index contributed by atoms with van der Waals surface area (Å²) < 4.78 is 22.0. The molecule has 0 aromatic carbocycles. The average molecular weight is 383 g/mol. The molecule has 2 saturated heterocycles. The van der Waals surface area contributed by atoms with Crippen LogP contribution in [0.1, 0.15) is 64.2 Å². The Morgan fingerprint density at radius 2 is 1.07 bits per heavy atom. The van der Waals surface area contributed by atoms with E-state index in [2.05, 4.69) is 47.4 Å². The van der Waals surface area contributed by atoms with Crippen LogP contribution in [0.25, 0.3) is 0 Å². The van der Waals surface area contributed by atoms with Gasteiger partial charge in [-0.25, -0.2) is 0 Å². The van der Waals surface area contributed by atoms with Gasteiger partial charge in [-0.2, -0.15) is 0 Å². The van der Waals surface area contributed by atoms with Crippen molar-refractivity contribution in [3.05, 3.63) is 0 Å². The lowest BCUT2D eigenvalue weighted by Gasteiger charge is -2.21. The lowest BCUT2D eigenvalue weighted by atomic mass is 10.2. The second-order valence-electron chi connectivity index (χ2n) is 6.63. The van der Waals surface area contributed by atoms with Gasteiger partial charge in [-0.05, 0) is 75.0 Å². The second-order valence-corrected chi connectivity index (χ2v) is 6.63. The van der Waals surface area contributed by atoms with Gasteiger partial charge in [0.25, 0.3) is 0 Å². The van der Waals surface area contributed by atoms with Gasteiger partial charge in [0, 0.05) is 26.1 Å². The number of hydrogen-bond acceptors (Lipinski definition) is 4. The second kappa shape index (κ2) is 16.1. The molecule has 0 spiro atoms. The van der Waals surface area contributed by atoms with Crippen LogP contribution < -0.4 is 0 Å². The Hall–Kier alpha value is -1.92. The van der Waals surface area contributed by atoms with Crippen LogP contribution in [-0.2, 0) is 18.9 Å². The molecule has 0 bridgehead atoms. The number of ether oxygens (including phenoxy) is 4. The normalized spacial score (nSPS) is 20.9. The maximum atomic E-state index is 5.52. The standard InChI is InChI=1S/C24H30O4/c1(3-5-7-9-13-19-25-23-17-11-15-21-27-23)2-4-6-8-10-14-20-26-24-18-12-16-22-28-24/h23-24H,1-4,11-12,15-22H2. The van der Waals surface area contributed by atoms with Crippen LogP contribution in [0.2, 0.25) is 0 Å². The molecule has 0 N–H and O–H groups in total. The molecule has 2 atom stereocenters. The molecule has 28 heavy (non-hydrogen) atoms. The third-order valence-electron chi connectivity index (χ3n) is 4.29. The molecule has 2 rings (SSSR count). The van der Waals surface area contributed by atoms with Crippen molar-refractivity contribution in [3.63, 3.8) is 0 Å². The predicted molar refractivity (Wildman–Crippen MR) is 109 cm³/mol. The van der Waals surface area contributed by atoms with Gasteiger partial charge in [0.1, 0.15) is 13.2 Å². The Morgan fingerprint density at radius 3 is 1.50 bits per heavy atom. The van der Waals surface area contributed by atoms with E-state index in [1.807, 2.05) is 0 Å². The molecule has 150 valence electrons. The van der Waals surface area contributed by atoms with Gasteiger partial charge >= 0.3 is 0 Å². The molecule has 2 heterocycles. The third-order valence-corrected chi connectivity index (χ3v) is 4.29. The van der Waals surface area contributed by atoms with Gasteiger partial charge in [-0.15, -0.1) is 0 Å². The first kappa shape index (κ1) is 22.4. The summed E-state index contributed by atoms with van der Waals surface area (Å²) in [4.78, 5) is 0. The summed E-state index contributed by atoms with van der Waals surface area (Å²) in [6.07, 6.45) is 10.1. The Labute approximate surface area is 170 Å². The fourth-order valence-corrected chi connectivity index (χ4v) is 2.76. The largest absolute Gasteiger partial charge is 0.353 e.